The van der Waals surface area contributed by atoms with Crippen molar-refractivity contribution in [2.75, 3.05) is 19.6 Å². The molecule has 1 heterocycles. The Hall–Kier alpha value is -0.0800. The van der Waals surface area contributed by atoms with E-state index in [1.54, 1.807) is 0 Å². The van der Waals surface area contributed by atoms with Crippen LogP contribution in [0.5, 0.6) is 0 Å². The summed E-state index contributed by atoms with van der Waals surface area (Å²) in [4.78, 5) is 0. The molecule has 0 bridgehead atoms. The largest absolute Gasteiger partial charge is 0.315 e. The standard InChI is InChI=1S/C10H20N2/c1-10(5-6-11-8-10)12-7-9-3-2-4-9/h9,11-12H,2-8H2,1H3. The lowest BCUT2D eigenvalue weighted by Crippen LogP contribution is -2.47. The summed E-state index contributed by atoms with van der Waals surface area (Å²) in [5, 5.41) is 7.11. The molecule has 1 aliphatic carbocycles. The highest BCUT2D eigenvalue weighted by Crippen LogP contribution is 2.26. The van der Waals surface area contributed by atoms with Crippen LogP contribution in [-0.4, -0.2) is 25.2 Å². The van der Waals surface area contributed by atoms with Gasteiger partial charge in [-0.3, -0.25) is 0 Å². The van der Waals surface area contributed by atoms with Crippen LogP contribution in [0, 0.1) is 5.92 Å². The average molecular weight is 168 g/mol. The fraction of sp³-hybridized carbons (Fsp3) is 1.00. The Morgan fingerprint density at radius 1 is 1.50 bits per heavy atom. The van der Waals surface area contributed by atoms with Crippen molar-refractivity contribution < 1.29 is 0 Å². The molecule has 12 heavy (non-hydrogen) atoms. The van der Waals surface area contributed by atoms with Crippen molar-refractivity contribution in [3.8, 4) is 0 Å². The van der Waals surface area contributed by atoms with E-state index < -0.39 is 0 Å². The van der Waals surface area contributed by atoms with Gasteiger partial charge in [0.2, 0.25) is 0 Å². The minimum Gasteiger partial charge on any atom is -0.315 e. The minimum absolute atomic E-state index is 0.398. The monoisotopic (exact) mass is 168 g/mol. The predicted octanol–water partition coefficient (Wildman–Crippen LogP) is 1.13. The third-order valence-electron chi connectivity index (χ3n) is 3.41. The maximum Gasteiger partial charge on any atom is 0.0290 e. The zero-order valence-corrected chi connectivity index (χ0v) is 8.03. The fourth-order valence-corrected chi connectivity index (χ4v) is 2.06. The first-order valence-electron chi connectivity index (χ1n) is 5.24. The normalized spacial score (nSPS) is 36.8. The minimum atomic E-state index is 0.398. The van der Waals surface area contributed by atoms with Crippen molar-refractivity contribution in [2.45, 2.75) is 38.1 Å². The molecule has 0 spiro atoms. The van der Waals surface area contributed by atoms with Gasteiger partial charge in [0.15, 0.2) is 0 Å². The summed E-state index contributed by atoms with van der Waals surface area (Å²) >= 11 is 0. The summed E-state index contributed by atoms with van der Waals surface area (Å²) in [5.41, 5.74) is 0.398. The lowest BCUT2D eigenvalue weighted by molar-refractivity contribution is 0.262. The van der Waals surface area contributed by atoms with Crippen molar-refractivity contribution in [1.82, 2.24) is 10.6 Å². The molecule has 2 N–H and O–H groups in total. The van der Waals surface area contributed by atoms with Crippen LogP contribution in [0.25, 0.3) is 0 Å². The molecule has 0 aromatic carbocycles. The summed E-state index contributed by atoms with van der Waals surface area (Å²) in [6, 6.07) is 0. The van der Waals surface area contributed by atoms with E-state index in [1.165, 1.54) is 38.8 Å². The maximum atomic E-state index is 3.70. The highest BCUT2D eigenvalue weighted by atomic mass is 15.1. The average Bonchev–Trinajstić information content (AvgIpc) is 2.33. The summed E-state index contributed by atoms with van der Waals surface area (Å²) in [5.74, 6) is 0.988. The topological polar surface area (TPSA) is 24.1 Å². The van der Waals surface area contributed by atoms with Crippen LogP contribution in [0.15, 0.2) is 0 Å². The van der Waals surface area contributed by atoms with E-state index in [2.05, 4.69) is 17.6 Å². The lowest BCUT2D eigenvalue weighted by Gasteiger charge is -2.31. The molecule has 0 aromatic heterocycles. The molecule has 2 fully saturated rings. The van der Waals surface area contributed by atoms with Gasteiger partial charge in [-0.2, -0.15) is 0 Å². The van der Waals surface area contributed by atoms with Crippen molar-refractivity contribution >= 4 is 0 Å². The van der Waals surface area contributed by atoms with Gasteiger partial charge in [-0.05, 0) is 45.2 Å². The number of nitrogens with one attached hydrogen (secondary N) is 2. The van der Waals surface area contributed by atoms with E-state index >= 15 is 0 Å². The molecule has 2 heteroatoms. The van der Waals surface area contributed by atoms with E-state index in [9.17, 15) is 0 Å². The van der Waals surface area contributed by atoms with Crippen molar-refractivity contribution in [3.05, 3.63) is 0 Å². The van der Waals surface area contributed by atoms with Crippen molar-refractivity contribution in [1.29, 1.82) is 0 Å². The molecule has 2 nitrogen and oxygen atoms in total. The summed E-state index contributed by atoms with van der Waals surface area (Å²) < 4.78 is 0. The van der Waals surface area contributed by atoms with Crippen LogP contribution < -0.4 is 10.6 Å². The Bertz CT molecular complexity index is 146. The van der Waals surface area contributed by atoms with Crippen molar-refractivity contribution in [3.63, 3.8) is 0 Å². The summed E-state index contributed by atoms with van der Waals surface area (Å²) in [6.45, 7) is 5.93. The number of rotatable bonds is 3. The molecule has 2 aliphatic rings. The first kappa shape index (κ1) is 8.52. The van der Waals surface area contributed by atoms with E-state index in [0.717, 1.165) is 12.5 Å². The maximum absolute atomic E-state index is 3.70. The molecule has 1 saturated heterocycles. The fourth-order valence-electron chi connectivity index (χ4n) is 2.06. The SMILES string of the molecule is CC1(NCC2CCC2)CCNC1. The zero-order valence-electron chi connectivity index (χ0n) is 8.03. The van der Waals surface area contributed by atoms with Gasteiger partial charge in [0.1, 0.15) is 0 Å². The predicted molar refractivity (Wildman–Crippen MR) is 51.2 cm³/mol. The van der Waals surface area contributed by atoms with Gasteiger partial charge in [-0.15, -0.1) is 0 Å². The lowest BCUT2D eigenvalue weighted by atomic mass is 9.84. The van der Waals surface area contributed by atoms with Crippen LogP contribution in [0.4, 0.5) is 0 Å². The Kier molecular flexibility index (Phi) is 2.37. The Morgan fingerprint density at radius 2 is 2.33 bits per heavy atom. The second-order valence-electron chi connectivity index (χ2n) is 4.67. The molecule has 1 saturated carbocycles. The molecular formula is C10H20N2. The van der Waals surface area contributed by atoms with E-state index in [1.807, 2.05) is 0 Å². The van der Waals surface area contributed by atoms with Crippen LogP contribution in [-0.2, 0) is 0 Å². The van der Waals surface area contributed by atoms with Crippen LogP contribution >= 0.6 is 0 Å². The molecule has 2 rings (SSSR count). The second kappa shape index (κ2) is 3.35. The van der Waals surface area contributed by atoms with Gasteiger partial charge >= 0.3 is 0 Å². The molecular weight excluding hydrogens is 148 g/mol. The molecule has 0 radical (unpaired) electrons. The first-order valence-corrected chi connectivity index (χ1v) is 5.24. The van der Waals surface area contributed by atoms with Gasteiger partial charge in [-0.1, -0.05) is 6.42 Å². The Balaban J connectivity index is 1.70. The van der Waals surface area contributed by atoms with Crippen LogP contribution in [0.3, 0.4) is 0 Å². The zero-order chi connectivity index (χ0) is 8.44. The van der Waals surface area contributed by atoms with Crippen LogP contribution in [0.2, 0.25) is 0 Å². The van der Waals surface area contributed by atoms with Gasteiger partial charge in [0.05, 0.1) is 0 Å². The molecule has 0 amide bonds. The molecule has 70 valence electrons. The summed E-state index contributed by atoms with van der Waals surface area (Å²) in [6.07, 6.45) is 5.66. The van der Waals surface area contributed by atoms with Gasteiger partial charge in [0.25, 0.3) is 0 Å². The number of hydrogen-bond acceptors (Lipinski definition) is 2. The molecule has 1 atom stereocenters. The Morgan fingerprint density at radius 3 is 2.83 bits per heavy atom. The molecule has 1 aliphatic heterocycles. The highest BCUT2D eigenvalue weighted by Gasteiger charge is 2.29. The van der Waals surface area contributed by atoms with E-state index in [-0.39, 0.29) is 0 Å². The van der Waals surface area contributed by atoms with Gasteiger partial charge in [-0.25, -0.2) is 0 Å². The number of hydrogen-bond donors (Lipinski definition) is 2. The third kappa shape index (κ3) is 1.80. The molecule has 0 aromatic rings. The highest BCUT2D eigenvalue weighted by molar-refractivity contribution is 4.92. The van der Waals surface area contributed by atoms with Gasteiger partial charge < -0.3 is 10.6 Å². The third-order valence-corrected chi connectivity index (χ3v) is 3.41. The van der Waals surface area contributed by atoms with Crippen LogP contribution in [0.1, 0.15) is 32.6 Å². The first-order chi connectivity index (χ1) is 5.79. The van der Waals surface area contributed by atoms with Gasteiger partial charge in [0, 0.05) is 12.1 Å². The second-order valence-corrected chi connectivity index (χ2v) is 4.67. The Labute approximate surface area is 75.1 Å². The van der Waals surface area contributed by atoms with E-state index in [4.69, 9.17) is 0 Å². The smallest absolute Gasteiger partial charge is 0.0290 e. The molecule has 1 unspecified atom stereocenters. The van der Waals surface area contributed by atoms with Crippen molar-refractivity contribution in [2.24, 2.45) is 5.92 Å². The summed E-state index contributed by atoms with van der Waals surface area (Å²) in [7, 11) is 0. The van der Waals surface area contributed by atoms with E-state index in [0.29, 0.717) is 5.54 Å². The quantitative estimate of drug-likeness (QED) is 0.660.